The van der Waals surface area contributed by atoms with Crippen molar-refractivity contribution in [1.29, 1.82) is 0 Å². The van der Waals surface area contributed by atoms with Crippen molar-refractivity contribution in [3.05, 3.63) is 0 Å². The fourth-order valence-electron chi connectivity index (χ4n) is 7.26. The van der Waals surface area contributed by atoms with Crippen LogP contribution in [-0.4, -0.2) is 97.6 Å². The Morgan fingerprint density at radius 2 is 0.755 bits per heavy atom. The van der Waals surface area contributed by atoms with Crippen LogP contribution in [-0.2, 0) is 0 Å². The minimum Gasteiger partial charge on any atom is -0.303 e. The Hall–Kier alpha value is -1.92. The van der Waals surface area contributed by atoms with Gasteiger partial charge in [0.2, 0.25) is 0 Å². The van der Waals surface area contributed by atoms with Gasteiger partial charge in [0.05, 0.1) is 0 Å². The molecule has 0 aliphatic carbocycles. The molecular formula is C45H78N4. The van der Waals surface area contributed by atoms with Gasteiger partial charge in [-0.3, -0.25) is 4.90 Å². The van der Waals surface area contributed by atoms with E-state index < -0.39 is 0 Å². The van der Waals surface area contributed by atoms with Crippen LogP contribution in [0.3, 0.4) is 0 Å². The van der Waals surface area contributed by atoms with Crippen LogP contribution < -0.4 is 0 Å². The number of nitrogens with zero attached hydrogens (tertiary/aromatic N) is 4. The van der Waals surface area contributed by atoms with Gasteiger partial charge in [-0.2, -0.15) is 0 Å². The van der Waals surface area contributed by atoms with Crippen LogP contribution >= 0.6 is 0 Å². The van der Waals surface area contributed by atoms with E-state index in [4.69, 9.17) is 25.7 Å². The fraction of sp³-hybridized carbons (Fsp3) is 0.822. The van der Waals surface area contributed by atoms with Gasteiger partial charge in [-0.15, -0.1) is 49.4 Å². The third-order valence-electron chi connectivity index (χ3n) is 10.4. The van der Waals surface area contributed by atoms with Crippen molar-refractivity contribution in [2.24, 2.45) is 0 Å². The highest BCUT2D eigenvalue weighted by molar-refractivity contribution is 4.84. The molecule has 1 aliphatic rings. The van der Waals surface area contributed by atoms with Gasteiger partial charge in [-0.1, -0.05) is 51.4 Å². The van der Waals surface area contributed by atoms with E-state index in [0.717, 1.165) is 25.7 Å². The van der Waals surface area contributed by atoms with Crippen LogP contribution in [0.5, 0.6) is 0 Å². The van der Waals surface area contributed by atoms with Crippen molar-refractivity contribution < 1.29 is 0 Å². The Balaban J connectivity index is 2.31. The molecule has 1 rings (SSSR count). The van der Waals surface area contributed by atoms with E-state index >= 15 is 0 Å². The van der Waals surface area contributed by atoms with E-state index in [9.17, 15) is 0 Å². The van der Waals surface area contributed by atoms with Gasteiger partial charge in [0.15, 0.2) is 0 Å². The average Bonchev–Trinajstić information content (AvgIpc) is 3.10. The van der Waals surface area contributed by atoms with Crippen LogP contribution in [0.4, 0.5) is 0 Å². The van der Waals surface area contributed by atoms with Gasteiger partial charge in [0.25, 0.3) is 0 Å². The molecule has 1 unspecified atom stereocenters. The predicted octanol–water partition coefficient (Wildman–Crippen LogP) is 9.49. The summed E-state index contributed by atoms with van der Waals surface area (Å²) in [4.78, 5) is 11.0. The zero-order valence-corrected chi connectivity index (χ0v) is 32.4. The number of unbranched alkanes of at least 4 members (excludes halogenated alkanes) is 18. The molecule has 4 nitrogen and oxygen atoms in total. The normalized spacial score (nSPS) is 15.3. The van der Waals surface area contributed by atoms with Crippen molar-refractivity contribution in [3.63, 3.8) is 0 Å². The zero-order chi connectivity index (χ0) is 35.5. The predicted molar refractivity (Wildman–Crippen MR) is 216 cm³/mol. The molecule has 0 N–H and O–H groups in total. The first-order chi connectivity index (χ1) is 24.1. The summed E-state index contributed by atoms with van der Waals surface area (Å²) in [6, 6.07) is 0.663. The molecule has 0 amide bonds. The van der Waals surface area contributed by atoms with Crippen molar-refractivity contribution in [2.45, 2.75) is 167 Å². The SMILES string of the molecule is C#CCCCCCCN(CCCCCCC#C)CCCCN1CCN(CCCCN(CCCCCCC#C)CCCCCCC#C)C(C)C1. The van der Waals surface area contributed by atoms with E-state index in [2.05, 4.69) is 50.2 Å². The van der Waals surface area contributed by atoms with E-state index in [0.29, 0.717) is 6.04 Å². The third-order valence-corrected chi connectivity index (χ3v) is 10.4. The summed E-state index contributed by atoms with van der Waals surface area (Å²) in [6.45, 7) is 16.1. The smallest absolute Gasteiger partial charge is 0.0195 e. The molecule has 278 valence electrons. The van der Waals surface area contributed by atoms with Crippen LogP contribution in [0.15, 0.2) is 0 Å². The van der Waals surface area contributed by atoms with Crippen molar-refractivity contribution in [3.8, 4) is 49.4 Å². The molecule has 1 saturated heterocycles. The lowest BCUT2D eigenvalue weighted by Gasteiger charge is -2.40. The lowest BCUT2D eigenvalue weighted by molar-refractivity contribution is 0.0795. The summed E-state index contributed by atoms with van der Waals surface area (Å²) in [6.07, 6.45) is 51.0. The van der Waals surface area contributed by atoms with Gasteiger partial charge in [-0.25, -0.2) is 0 Å². The molecule has 0 radical (unpaired) electrons. The lowest BCUT2D eigenvalue weighted by Crippen LogP contribution is -2.52. The zero-order valence-electron chi connectivity index (χ0n) is 32.4. The van der Waals surface area contributed by atoms with Crippen molar-refractivity contribution >= 4 is 0 Å². The fourth-order valence-corrected chi connectivity index (χ4v) is 7.26. The minimum atomic E-state index is 0.663. The molecule has 0 aromatic rings. The van der Waals surface area contributed by atoms with Crippen molar-refractivity contribution in [2.75, 3.05) is 72.0 Å². The Kier molecular flexibility index (Phi) is 31.8. The standard InChI is InChI=1S/C45H78N4/c1-6-10-14-18-22-26-34-46(35-27-23-19-15-11-7-2)38-30-31-40-48-42-43-49(45(5)44-48)41-33-32-39-47(36-28-24-20-16-12-8-3)37-29-25-21-17-13-9-4/h1-4,45H,10-44H2,5H3. The Bertz CT molecular complexity index is 849. The summed E-state index contributed by atoms with van der Waals surface area (Å²) in [5, 5.41) is 0. The van der Waals surface area contributed by atoms with Gasteiger partial charge in [0, 0.05) is 51.4 Å². The second-order valence-corrected chi connectivity index (χ2v) is 14.8. The molecule has 0 aromatic heterocycles. The van der Waals surface area contributed by atoms with E-state index in [1.165, 1.54) is 200 Å². The highest BCUT2D eigenvalue weighted by atomic mass is 15.3. The van der Waals surface area contributed by atoms with Crippen LogP contribution in [0.2, 0.25) is 0 Å². The van der Waals surface area contributed by atoms with Gasteiger partial charge in [0.1, 0.15) is 0 Å². The number of hydrogen-bond donors (Lipinski definition) is 0. The first-order valence-electron chi connectivity index (χ1n) is 20.8. The average molecular weight is 675 g/mol. The number of terminal acetylenes is 4. The van der Waals surface area contributed by atoms with E-state index in [1.54, 1.807) is 0 Å². The minimum absolute atomic E-state index is 0.663. The largest absolute Gasteiger partial charge is 0.303 e. The Morgan fingerprint density at radius 1 is 0.429 bits per heavy atom. The van der Waals surface area contributed by atoms with Gasteiger partial charge < -0.3 is 14.7 Å². The molecule has 1 fully saturated rings. The molecule has 0 saturated carbocycles. The summed E-state index contributed by atoms with van der Waals surface area (Å²) in [5.74, 6) is 11.1. The number of rotatable bonds is 34. The molecule has 49 heavy (non-hydrogen) atoms. The maximum atomic E-state index is 5.43. The monoisotopic (exact) mass is 675 g/mol. The van der Waals surface area contributed by atoms with Crippen molar-refractivity contribution in [1.82, 2.24) is 19.6 Å². The molecular weight excluding hydrogens is 597 g/mol. The molecule has 1 aliphatic heterocycles. The second-order valence-electron chi connectivity index (χ2n) is 14.8. The van der Waals surface area contributed by atoms with Crippen LogP contribution in [0, 0.1) is 49.4 Å². The lowest BCUT2D eigenvalue weighted by atomic mass is 10.1. The molecule has 0 bridgehead atoms. The highest BCUT2D eigenvalue weighted by Crippen LogP contribution is 2.14. The van der Waals surface area contributed by atoms with E-state index in [-0.39, 0.29) is 0 Å². The molecule has 1 atom stereocenters. The molecule has 4 heteroatoms. The first kappa shape index (κ1) is 45.1. The third kappa shape index (κ3) is 27.5. The first-order valence-corrected chi connectivity index (χ1v) is 20.8. The number of hydrogen-bond acceptors (Lipinski definition) is 4. The van der Waals surface area contributed by atoms with Crippen LogP contribution in [0.1, 0.15) is 161 Å². The summed E-state index contributed by atoms with van der Waals surface area (Å²) >= 11 is 0. The maximum Gasteiger partial charge on any atom is 0.0195 e. The summed E-state index contributed by atoms with van der Waals surface area (Å²) < 4.78 is 0. The van der Waals surface area contributed by atoms with Gasteiger partial charge >= 0.3 is 0 Å². The summed E-state index contributed by atoms with van der Waals surface area (Å²) in [7, 11) is 0. The maximum absolute atomic E-state index is 5.43. The highest BCUT2D eigenvalue weighted by Gasteiger charge is 2.23. The second kappa shape index (κ2) is 34.5. The number of piperazine rings is 1. The van der Waals surface area contributed by atoms with E-state index in [1.807, 2.05) is 0 Å². The van der Waals surface area contributed by atoms with Crippen LogP contribution in [0.25, 0.3) is 0 Å². The van der Waals surface area contributed by atoms with Gasteiger partial charge in [-0.05, 0) is 136 Å². The molecule has 1 heterocycles. The quantitative estimate of drug-likeness (QED) is 0.0498. The Labute approximate surface area is 307 Å². The molecule has 0 aromatic carbocycles. The Morgan fingerprint density at radius 3 is 1.10 bits per heavy atom. The molecule has 0 spiro atoms. The summed E-state index contributed by atoms with van der Waals surface area (Å²) in [5.41, 5.74) is 0. The topological polar surface area (TPSA) is 13.0 Å².